The molecule has 0 aliphatic carbocycles. The van der Waals surface area contributed by atoms with Gasteiger partial charge in [0.2, 0.25) is 0 Å². The van der Waals surface area contributed by atoms with Crippen LogP contribution >= 0.6 is 0 Å². The summed E-state index contributed by atoms with van der Waals surface area (Å²) in [5.41, 5.74) is 0. The molecule has 0 aliphatic rings. The van der Waals surface area contributed by atoms with Crippen molar-refractivity contribution in [2.75, 3.05) is 39.5 Å². The summed E-state index contributed by atoms with van der Waals surface area (Å²) in [6.45, 7) is 7.90. The number of hydrogen-bond donors (Lipinski definition) is 1. The van der Waals surface area contributed by atoms with Gasteiger partial charge in [-0.15, -0.1) is 0 Å². The second-order valence-corrected chi connectivity index (χ2v) is 11.6. The number of unbranched alkanes of at least 4 members (excludes halogenated alkanes) is 16. The molecule has 0 atom stereocenters. The standard InChI is InChI=1S/C36H67NO5/c1-3-5-7-9-11-13-15-17-25-33-41-35(39)27-21-19-23-29-37(31-32-38)30-24-20-22-28-36(40)42-34-26-18-16-14-12-10-8-6-4-2/h17-18,25-26,38H,3-16,19-24,27-34H2,1-2H3. The van der Waals surface area contributed by atoms with E-state index in [1.807, 2.05) is 12.2 Å². The van der Waals surface area contributed by atoms with E-state index in [-0.39, 0.29) is 18.5 Å². The minimum atomic E-state index is -0.117. The van der Waals surface area contributed by atoms with E-state index in [2.05, 4.69) is 30.9 Å². The summed E-state index contributed by atoms with van der Waals surface area (Å²) in [5.74, 6) is -0.233. The molecule has 0 spiro atoms. The molecule has 0 bridgehead atoms. The molecule has 0 saturated carbocycles. The molecular weight excluding hydrogens is 526 g/mol. The van der Waals surface area contributed by atoms with Crippen molar-refractivity contribution < 1.29 is 24.2 Å². The van der Waals surface area contributed by atoms with Crippen molar-refractivity contribution >= 4 is 11.9 Å². The van der Waals surface area contributed by atoms with Crippen molar-refractivity contribution in [3.05, 3.63) is 24.3 Å². The van der Waals surface area contributed by atoms with Gasteiger partial charge in [-0.25, -0.2) is 0 Å². The van der Waals surface area contributed by atoms with Gasteiger partial charge in [0.1, 0.15) is 13.2 Å². The maximum atomic E-state index is 11.9. The highest BCUT2D eigenvalue weighted by Crippen LogP contribution is 2.09. The van der Waals surface area contributed by atoms with E-state index in [1.165, 1.54) is 77.0 Å². The van der Waals surface area contributed by atoms with E-state index in [4.69, 9.17) is 9.47 Å². The summed E-state index contributed by atoms with van der Waals surface area (Å²) < 4.78 is 10.6. The molecule has 0 aromatic heterocycles. The van der Waals surface area contributed by atoms with Crippen molar-refractivity contribution in [2.45, 2.75) is 155 Å². The molecule has 6 heteroatoms. The lowest BCUT2D eigenvalue weighted by molar-refractivity contribution is -0.143. The van der Waals surface area contributed by atoms with Gasteiger partial charge in [0.05, 0.1) is 6.61 Å². The number of allylic oxidation sites excluding steroid dienone is 2. The first-order valence-electron chi connectivity index (χ1n) is 17.6. The molecule has 0 amide bonds. The van der Waals surface area contributed by atoms with Crippen LogP contribution in [0.1, 0.15) is 155 Å². The van der Waals surface area contributed by atoms with Crippen molar-refractivity contribution in [1.29, 1.82) is 0 Å². The zero-order valence-corrected chi connectivity index (χ0v) is 27.6. The number of hydrogen-bond acceptors (Lipinski definition) is 6. The number of rotatable bonds is 32. The third-order valence-corrected chi connectivity index (χ3v) is 7.59. The number of aliphatic hydroxyl groups excluding tert-OH is 1. The van der Waals surface area contributed by atoms with Gasteiger partial charge in [0.15, 0.2) is 0 Å². The third-order valence-electron chi connectivity index (χ3n) is 7.59. The Bertz CT molecular complexity index is 597. The molecule has 0 aromatic rings. The highest BCUT2D eigenvalue weighted by atomic mass is 16.5. The lowest BCUT2D eigenvalue weighted by Crippen LogP contribution is -2.29. The van der Waals surface area contributed by atoms with E-state index in [1.54, 1.807) is 0 Å². The maximum absolute atomic E-state index is 11.9. The Morgan fingerprint density at radius 2 is 0.929 bits per heavy atom. The molecular formula is C36H67NO5. The fourth-order valence-electron chi connectivity index (χ4n) is 4.92. The molecule has 0 radical (unpaired) electrons. The monoisotopic (exact) mass is 594 g/mol. The first kappa shape index (κ1) is 40.3. The molecule has 0 aliphatic heterocycles. The summed E-state index contributed by atoms with van der Waals surface area (Å²) in [7, 11) is 0. The van der Waals surface area contributed by atoms with Gasteiger partial charge in [-0.2, -0.15) is 0 Å². The summed E-state index contributed by atoms with van der Waals surface area (Å²) in [5, 5.41) is 9.40. The smallest absolute Gasteiger partial charge is 0.306 e. The molecule has 0 heterocycles. The maximum Gasteiger partial charge on any atom is 0.306 e. The van der Waals surface area contributed by atoms with Crippen LogP contribution in [0.15, 0.2) is 24.3 Å². The Morgan fingerprint density at radius 1 is 0.524 bits per heavy atom. The van der Waals surface area contributed by atoms with Gasteiger partial charge in [-0.3, -0.25) is 9.59 Å². The predicted molar refractivity (Wildman–Crippen MR) is 177 cm³/mol. The van der Waals surface area contributed by atoms with E-state index in [9.17, 15) is 14.7 Å². The van der Waals surface area contributed by atoms with Crippen molar-refractivity contribution in [1.82, 2.24) is 4.90 Å². The Labute approximate surface area is 259 Å². The molecule has 0 aromatic carbocycles. The number of nitrogens with zero attached hydrogens (tertiary/aromatic N) is 1. The minimum Gasteiger partial charge on any atom is -0.461 e. The number of carbonyl (C=O) groups is 2. The van der Waals surface area contributed by atoms with Crippen LogP contribution in [0.5, 0.6) is 0 Å². The Balaban J connectivity index is 3.67. The van der Waals surface area contributed by atoms with Crippen LogP contribution in [-0.2, 0) is 19.1 Å². The molecule has 42 heavy (non-hydrogen) atoms. The number of ether oxygens (including phenoxy) is 2. The van der Waals surface area contributed by atoms with Crippen LogP contribution in [0.2, 0.25) is 0 Å². The van der Waals surface area contributed by atoms with Gasteiger partial charge in [-0.1, -0.05) is 115 Å². The van der Waals surface area contributed by atoms with E-state index < -0.39 is 0 Å². The van der Waals surface area contributed by atoms with Crippen LogP contribution in [-0.4, -0.2) is 61.4 Å². The normalized spacial score (nSPS) is 11.7. The summed E-state index contributed by atoms with van der Waals surface area (Å²) in [4.78, 5) is 26.2. The first-order chi connectivity index (χ1) is 20.6. The SMILES string of the molecule is CCCCCCCCC=CCOC(=O)CCCCCN(CCO)CCCCCC(=O)OCC=CCCCCCCCC. The first-order valence-corrected chi connectivity index (χ1v) is 17.6. The fourth-order valence-corrected chi connectivity index (χ4v) is 4.92. The predicted octanol–water partition coefficient (Wildman–Crippen LogP) is 9.10. The Kier molecular flexibility index (Phi) is 32.5. The van der Waals surface area contributed by atoms with E-state index in [0.717, 1.165) is 64.5 Å². The highest BCUT2D eigenvalue weighted by molar-refractivity contribution is 5.69. The average Bonchev–Trinajstić information content (AvgIpc) is 2.98. The number of esters is 2. The largest absolute Gasteiger partial charge is 0.461 e. The minimum absolute atomic E-state index is 0.117. The summed E-state index contributed by atoms with van der Waals surface area (Å²) in [6.07, 6.45) is 32.5. The van der Waals surface area contributed by atoms with Gasteiger partial charge < -0.3 is 19.5 Å². The molecule has 0 unspecified atom stereocenters. The molecule has 246 valence electrons. The van der Waals surface area contributed by atoms with E-state index >= 15 is 0 Å². The number of aliphatic hydroxyl groups is 1. The molecule has 1 N–H and O–H groups in total. The van der Waals surface area contributed by atoms with E-state index in [0.29, 0.717) is 32.6 Å². The second-order valence-electron chi connectivity index (χ2n) is 11.6. The summed E-state index contributed by atoms with van der Waals surface area (Å²) in [6, 6.07) is 0. The van der Waals surface area contributed by atoms with Gasteiger partial charge >= 0.3 is 11.9 Å². The molecule has 0 saturated heterocycles. The quantitative estimate of drug-likeness (QED) is 0.0476. The van der Waals surface area contributed by atoms with Crippen molar-refractivity contribution in [2.24, 2.45) is 0 Å². The molecule has 6 nitrogen and oxygen atoms in total. The zero-order valence-electron chi connectivity index (χ0n) is 27.6. The van der Waals surface area contributed by atoms with Crippen molar-refractivity contribution in [3.63, 3.8) is 0 Å². The molecule has 0 fully saturated rings. The van der Waals surface area contributed by atoms with Crippen LogP contribution in [0.3, 0.4) is 0 Å². The summed E-state index contributed by atoms with van der Waals surface area (Å²) >= 11 is 0. The highest BCUT2D eigenvalue weighted by Gasteiger charge is 2.07. The van der Waals surface area contributed by atoms with Crippen LogP contribution in [0.4, 0.5) is 0 Å². The Morgan fingerprint density at radius 3 is 1.36 bits per heavy atom. The van der Waals surface area contributed by atoms with Crippen molar-refractivity contribution in [3.8, 4) is 0 Å². The number of carbonyl (C=O) groups excluding carboxylic acids is 2. The van der Waals surface area contributed by atoms with Gasteiger partial charge in [0, 0.05) is 19.4 Å². The van der Waals surface area contributed by atoms with Gasteiger partial charge in [-0.05, 0) is 64.5 Å². The lowest BCUT2D eigenvalue weighted by atomic mass is 10.1. The zero-order chi connectivity index (χ0) is 30.8. The van der Waals surface area contributed by atoms with Crippen LogP contribution < -0.4 is 0 Å². The van der Waals surface area contributed by atoms with Crippen LogP contribution in [0.25, 0.3) is 0 Å². The molecule has 0 rings (SSSR count). The Hall–Kier alpha value is -1.66. The third kappa shape index (κ3) is 31.3. The van der Waals surface area contributed by atoms with Crippen LogP contribution in [0, 0.1) is 0 Å². The van der Waals surface area contributed by atoms with Gasteiger partial charge in [0.25, 0.3) is 0 Å². The topological polar surface area (TPSA) is 76.1 Å². The second kappa shape index (κ2) is 33.8. The average molecular weight is 594 g/mol. The lowest BCUT2D eigenvalue weighted by Gasteiger charge is -2.21. The fraction of sp³-hybridized carbons (Fsp3) is 0.833.